The van der Waals surface area contributed by atoms with E-state index in [1.54, 1.807) is 55.7 Å². The Kier molecular flexibility index (Phi) is 13.9. The minimum atomic E-state index is -4.56. The average Bonchev–Trinajstić information content (AvgIpc) is 3.88. The molecule has 4 unspecified atom stereocenters. The molecule has 2 aliphatic rings. The van der Waals surface area contributed by atoms with Crippen molar-refractivity contribution < 1.29 is 57.1 Å². The largest absolute Gasteiger partial charge is 0.452 e. The predicted molar refractivity (Wildman–Crippen MR) is 208 cm³/mol. The Hall–Kier alpha value is -4.71. The number of ether oxygens (including phenoxy) is 5. The lowest BCUT2D eigenvalue weighted by molar-refractivity contribution is -0.143. The fraction of sp³-hybridized carbons (Fsp3) is 0.514. The van der Waals surface area contributed by atoms with Crippen LogP contribution < -0.4 is 22.3 Å². The van der Waals surface area contributed by atoms with Gasteiger partial charge in [0.05, 0.1) is 25.6 Å². The first-order chi connectivity index (χ1) is 28.1. The zero-order valence-electron chi connectivity index (χ0n) is 32.3. The highest BCUT2D eigenvalue weighted by atomic mass is 32.7. The van der Waals surface area contributed by atoms with E-state index in [0.29, 0.717) is 28.1 Å². The molecule has 6 N–H and O–H groups in total. The normalized spacial score (nSPS) is 24.7. The van der Waals surface area contributed by atoms with Gasteiger partial charge in [0.25, 0.3) is 5.56 Å². The minimum absolute atomic E-state index is 0.0236. The number of aromatic amines is 1. The van der Waals surface area contributed by atoms with Gasteiger partial charge in [0.1, 0.15) is 60.1 Å². The average molecular weight is 865 g/mol. The minimum Gasteiger partial charge on any atom is -0.452 e. The van der Waals surface area contributed by atoms with Gasteiger partial charge in [-0.2, -0.15) is 0 Å². The van der Waals surface area contributed by atoms with Crippen molar-refractivity contribution in [2.75, 3.05) is 32.0 Å². The number of imidazole rings is 1. The molecule has 24 heteroatoms. The Morgan fingerprint density at radius 3 is 2.56 bits per heavy atom. The van der Waals surface area contributed by atoms with Gasteiger partial charge in [0.15, 0.2) is 17.7 Å². The van der Waals surface area contributed by atoms with Gasteiger partial charge in [0.2, 0.25) is 0 Å². The standard InChI is InChI=1S/C35H45N8O14PS/c1-35(2,3)56-34(49)40-20(12-19-8-6-5-7-9-19)32(47)52-18-59-58(50,57-27-22(14-44)55-31(28(27)51-4)42-11-10-24(46)41-33(42)48)53-15-23-21(45)13-25(54-23)43-17-39-26-29(36)37-16-38-30(26)43/h5-11,16-17,20-23,25,27-28,31,44-45H,12-15,18H2,1-4H3,(H,40,49)(H2,36,37,38)(H,41,46,48)/t20?,21?,22-,23-,25-,27?,28-,31-,58?/m1/s1. The molecule has 3 aromatic heterocycles. The number of nitrogens with two attached hydrogens (primary N) is 1. The number of aromatic nitrogens is 6. The number of aliphatic hydroxyl groups is 2. The van der Waals surface area contributed by atoms with Crippen molar-refractivity contribution in [3.05, 3.63) is 81.7 Å². The van der Waals surface area contributed by atoms with E-state index in [4.69, 9.17) is 38.5 Å². The van der Waals surface area contributed by atoms with Crippen molar-refractivity contribution in [2.24, 2.45) is 0 Å². The van der Waals surface area contributed by atoms with Crippen LogP contribution in [0.25, 0.3) is 11.2 Å². The Labute approximate surface area is 339 Å². The number of aliphatic hydroxyl groups excluding tert-OH is 2. The van der Waals surface area contributed by atoms with Crippen molar-refractivity contribution in [1.29, 1.82) is 0 Å². The second-order valence-electron chi connectivity index (χ2n) is 14.4. The summed E-state index contributed by atoms with van der Waals surface area (Å²) in [6.45, 7) is -0.781. The predicted octanol–water partition coefficient (Wildman–Crippen LogP) is 1.39. The fourth-order valence-corrected chi connectivity index (χ4v) is 9.17. The number of fused-ring (bicyclic) bond motifs is 1. The van der Waals surface area contributed by atoms with E-state index in [-0.39, 0.29) is 18.7 Å². The molecule has 0 spiro atoms. The molecule has 1 amide bonds. The van der Waals surface area contributed by atoms with Gasteiger partial charge < -0.3 is 44.9 Å². The number of nitrogens with zero attached hydrogens (tertiary/aromatic N) is 5. The fourth-order valence-electron chi connectivity index (χ4n) is 6.36. The Balaban J connectivity index is 1.21. The lowest BCUT2D eigenvalue weighted by Gasteiger charge is -2.28. The zero-order valence-corrected chi connectivity index (χ0v) is 34.0. The van der Waals surface area contributed by atoms with Crippen LogP contribution in [0.5, 0.6) is 0 Å². The number of hydrogen-bond donors (Lipinski definition) is 5. The van der Waals surface area contributed by atoms with Gasteiger partial charge in [0, 0.05) is 43.6 Å². The lowest BCUT2D eigenvalue weighted by Crippen LogP contribution is -2.45. The Morgan fingerprint density at radius 1 is 1.10 bits per heavy atom. The second-order valence-corrected chi connectivity index (χ2v) is 18.4. The van der Waals surface area contributed by atoms with E-state index in [1.165, 1.54) is 19.8 Å². The lowest BCUT2D eigenvalue weighted by atomic mass is 10.1. The number of nitrogen functional groups attached to an aromatic ring is 1. The highest BCUT2D eigenvalue weighted by molar-refractivity contribution is 8.55. The third kappa shape index (κ3) is 10.7. The highest BCUT2D eigenvalue weighted by Crippen LogP contribution is 2.63. The third-order valence-corrected chi connectivity index (χ3v) is 12.4. The van der Waals surface area contributed by atoms with Crippen LogP contribution in [0.15, 0.2) is 64.8 Å². The molecule has 2 saturated heterocycles. The number of alkyl carbamates (subject to hydrolysis) is 1. The number of anilines is 1. The monoisotopic (exact) mass is 864 g/mol. The van der Waals surface area contributed by atoms with Crippen molar-refractivity contribution in [3.63, 3.8) is 0 Å². The van der Waals surface area contributed by atoms with Crippen molar-refractivity contribution in [2.45, 2.75) is 88.2 Å². The summed E-state index contributed by atoms with van der Waals surface area (Å²) < 4.78 is 57.8. The van der Waals surface area contributed by atoms with Crippen molar-refractivity contribution in [3.8, 4) is 0 Å². The molecule has 0 bridgehead atoms. The van der Waals surface area contributed by atoms with Crippen molar-refractivity contribution >= 4 is 47.2 Å². The molecule has 9 atom stereocenters. The molecule has 0 radical (unpaired) electrons. The van der Waals surface area contributed by atoms with E-state index < -0.39 is 104 Å². The Bertz CT molecular complexity index is 2250. The van der Waals surface area contributed by atoms with Crippen LogP contribution in [0.1, 0.15) is 45.2 Å². The van der Waals surface area contributed by atoms with Gasteiger partial charge in [-0.15, -0.1) is 0 Å². The number of esters is 1. The van der Waals surface area contributed by atoms with Gasteiger partial charge in [-0.1, -0.05) is 30.3 Å². The molecular formula is C35H45N8O14PS. The summed E-state index contributed by atoms with van der Waals surface area (Å²) in [4.78, 5) is 65.2. The maximum Gasteiger partial charge on any atom is 0.408 e. The van der Waals surface area contributed by atoms with E-state index in [9.17, 15) is 34.0 Å². The molecule has 2 aliphatic heterocycles. The first-order valence-electron chi connectivity index (χ1n) is 18.2. The van der Waals surface area contributed by atoms with E-state index in [0.717, 1.165) is 16.8 Å². The molecule has 0 saturated carbocycles. The number of methoxy groups -OCH3 is 1. The van der Waals surface area contributed by atoms with Crippen LogP contribution in [0, 0.1) is 0 Å². The maximum absolute atomic E-state index is 14.8. The smallest absolute Gasteiger partial charge is 0.408 e. The van der Waals surface area contributed by atoms with Crippen LogP contribution >= 0.6 is 18.2 Å². The molecule has 59 heavy (non-hydrogen) atoms. The van der Waals surface area contributed by atoms with Gasteiger partial charge in [-0.25, -0.2) is 33.9 Å². The second kappa shape index (κ2) is 18.7. The van der Waals surface area contributed by atoms with Crippen molar-refractivity contribution in [1.82, 2.24) is 34.4 Å². The number of nitrogens with one attached hydrogen (secondary N) is 2. The van der Waals surface area contributed by atoms with Crippen LogP contribution in [0.2, 0.25) is 0 Å². The number of benzene rings is 1. The quantitative estimate of drug-likeness (QED) is 0.0604. The van der Waals surface area contributed by atoms with E-state index >= 15 is 0 Å². The zero-order chi connectivity index (χ0) is 42.5. The van der Waals surface area contributed by atoms with Crippen LogP contribution in [0.3, 0.4) is 0 Å². The molecule has 320 valence electrons. The van der Waals surface area contributed by atoms with E-state index in [1.807, 2.05) is 0 Å². The molecule has 5 heterocycles. The first kappa shape index (κ1) is 43.9. The molecule has 0 aliphatic carbocycles. The molecule has 22 nitrogen and oxygen atoms in total. The summed E-state index contributed by atoms with van der Waals surface area (Å²) in [5.74, 6) is -1.40. The number of hydrogen-bond acceptors (Lipinski definition) is 19. The van der Waals surface area contributed by atoms with Crippen LogP contribution in [0.4, 0.5) is 10.6 Å². The molecule has 4 aromatic rings. The molecular weight excluding hydrogens is 819 g/mol. The first-order valence-corrected chi connectivity index (χ1v) is 21.4. The summed E-state index contributed by atoms with van der Waals surface area (Å²) >= 11 is 0.438. The summed E-state index contributed by atoms with van der Waals surface area (Å²) in [5.41, 5.74) is 4.92. The van der Waals surface area contributed by atoms with Gasteiger partial charge in [-0.05, 0) is 26.3 Å². The molecule has 6 rings (SSSR count). The summed E-state index contributed by atoms with van der Waals surface area (Å²) in [5, 5.41) is 23.9. The number of carbonyl (C=O) groups is 2. The number of amides is 1. The topological polar surface area (TPSA) is 293 Å². The number of H-pyrrole nitrogens is 1. The van der Waals surface area contributed by atoms with Gasteiger partial charge in [-0.3, -0.25) is 28.0 Å². The van der Waals surface area contributed by atoms with Gasteiger partial charge >= 0.3 is 24.5 Å². The summed E-state index contributed by atoms with van der Waals surface area (Å²) in [7, 11) is 1.26. The highest BCUT2D eigenvalue weighted by Gasteiger charge is 2.51. The number of carbonyl (C=O) groups excluding carboxylic acids is 2. The molecule has 1 aromatic carbocycles. The Morgan fingerprint density at radius 2 is 1.86 bits per heavy atom. The van der Waals surface area contributed by atoms with Crippen LogP contribution in [-0.2, 0) is 48.5 Å². The van der Waals surface area contributed by atoms with Crippen LogP contribution in [-0.4, -0.2) is 120 Å². The number of rotatable bonds is 16. The third-order valence-electron chi connectivity index (χ3n) is 9.08. The molecule has 2 fully saturated rings. The summed E-state index contributed by atoms with van der Waals surface area (Å²) in [6.07, 6.45) is -5.08. The SMILES string of the molecule is CO[C@@H]1C(OP(=O)(OC[C@H]2O[C@@H](n3cnc4c(N)ncnc43)CC2O)SCOC(=O)C(Cc2ccccc2)NC(=O)OC(C)(C)C)[C@@H](CO)O[C@H]1n1ccc(=O)[nH]c1=O. The van der Waals surface area contributed by atoms with E-state index in [2.05, 4.69) is 25.3 Å². The maximum atomic E-state index is 14.8. The summed E-state index contributed by atoms with van der Waals surface area (Å²) in [6, 6.07) is 8.67.